The van der Waals surface area contributed by atoms with Crippen LogP contribution in [0.15, 0.2) is 18.2 Å². The summed E-state index contributed by atoms with van der Waals surface area (Å²) in [6.45, 7) is 5.78. The molecule has 0 radical (unpaired) electrons. The number of carbonyl (C=O) groups excluding carboxylic acids is 1. The molecule has 1 atom stereocenters. The zero-order chi connectivity index (χ0) is 13.1. The standard InChI is InChI=1S/C15H22N2O/c1-10-7-8-14(9-15(10)17-12(3)18)16-11(2)13-5-4-6-13/h7-9,11,13,16H,4-6H2,1-3H3,(H,17,18)/t11-/m0/s1. The molecule has 2 N–H and O–H groups in total. The Morgan fingerprint density at radius 3 is 2.67 bits per heavy atom. The Balaban J connectivity index is 2.05. The van der Waals surface area contributed by atoms with E-state index in [0.29, 0.717) is 6.04 Å². The Hall–Kier alpha value is -1.51. The monoisotopic (exact) mass is 246 g/mol. The highest BCUT2D eigenvalue weighted by molar-refractivity contribution is 5.90. The molecule has 1 saturated carbocycles. The highest BCUT2D eigenvalue weighted by atomic mass is 16.1. The van der Waals surface area contributed by atoms with Crippen molar-refractivity contribution in [1.29, 1.82) is 0 Å². The first-order valence-electron chi connectivity index (χ1n) is 6.71. The lowest BCUT2D eigenvalue weighted by atomic mass is 9.80. The summed E-state index contributed by atoms with van der Waals surface area (Å²) in [5, 5.41) is 6.40. The Morgan fingerprint density at radius 1 is 1.39 bits per heavy atom. The molecule has 3 nitrogen and oxygen atoms in total. The third kappa shape index (κ3) is 3.03. The van der Waals surface area contributed by atoms with Gasteiger partial charge in [-0.3, -0.25) is 4.79 Å². The van der Waals surface area contributed by atoms with E-state index >= 15 is 0 Å². The number of nitrogens with one attached hydrogen (secondary N) is 2. The number of amides is 1. The van der Waals surface area contributed by atoms with Crippen LogP contribution in [0.2, 0.25) is 0 Å². The molecule has 3 heteroatoms. The maximum Gasteiger partial charge on any atom is 0.221 e. The zero-order valence-electron chi connectivity index (χ0n) is 11.4. The van der Waals surface area contributed by atoms with E-state index in [1.54, 1.807) is 0 Å². The Morgan fingerprint density at radius 2 is 2.11 bits per heavy atom. The van der Waals surface area contributed by atoms with Gasteiger partial charge in [-0.25, -0.2) is 0 Å². The summed E-state index contributed by atoms with van der Waals surface area (Å²) >= 11 is 0. The molecule has 0 aliphatic heterocycles. The van der Waals surface area contributed by atoms with Crippen LogP contribution in [0.3, 0.4) is 0 Å². The third-order valence-corrected chi connectivity index (χ3v) is 3.80. The molecule has 0 heterocycles. The average Bonchev–Trinajstić information content (AvgIpc) is 2.19. The molecule has 98 valence electrons. The number of hydrogen-bond acceptors (Lipinski definition) is 2. The predicted molar refractivity (Wildman–Crippen MR) is 75.9 cm³/mol. The van der Waals surface area contributed by atoms with Gasteiger partial charge >= 0.3 is 0 Å². The van der Waals surface area contributed by atoms with Crippen molar-refractivity contribution in [3.63, 3.8) is 0 Å². The Kier molecular flexibility index (Phi) is 3.90. The molecule has 1 aromatic rings. The lowest BCUT2D eigenvalue weighted by molar-refractivity contribution is -0.114. The Labute approximate surface area is 109 Å². The molecular weight excluding hydrogens is 224 g/mol. The largest absolute Gasteiger partial charge is 0.382 e. The molecular formula is C15H22N2O. The molecule has 0 saturated heterocycles. The maximum atomic E-state index is 11.1. The quantitative estimate of drug-likeness (QED) is 0.853. The molecule has 1 aliphatic rings. The second kappa shape index (κ2) is 5.42. The van der Waals surface area contributed by atoms with Crippen LogP contribution in [-0.4, -0.2) is 11.9 Å². The first-order valence-corrected chi connectivity index (χ1v) is 6.71. The van der Waals surface area contributed by atoms with Gasteiger partial charge in [0.05, 0.1) is 0 Å². The van der Waals surface area contributed by atoms with Gasteiger partial charge in [-0.1, -0.05) is 12.5 Å². The molecule has 0 spiro atoms. The van der Waals surface area contributed by atoms with Crippen LogP contribution in [0, 0.1) is 12.8 Å². The van der Waals surface area contributed by atoms with Crippen molar-refractivity contribution >= 4 is 17.3 Å². The first-order chi connectivity index (χ1) is 8.56. The summed E-state index contributed by atoms with van der Waals surface area (Å²) in [5.41, 5.74) is 3.07. The van der Waals surface area contributed by atoms with Gasteiger partial charge in [0.25, 0.3) is 0 Å². The fourth-order valence-electron chi connectivity index (χ4n) is 2.36. The van der Waals surface area contributed by atoms with Crippen molar-refractivity contribution in [3.05, 3.63) is 23.8 Å². The van der Waals surface area contributed by atoms with Crippen LogP contribution in [0.4, 0.5) is 11.4 Å². The first kappa shape index (κ1) is 12.9. The smallest absolute Gasteiger partial charge is 0.221 e. The Bertz CT molecular complexity index is 438. The van der Waals surface area contributed by atoms with Gasteiger partial charge in [-0.05, 0) is 50.3 Å². The van der Waals surface area contributed by atoms with Crippen LogP contribution in [0.25, 0.3) is 0 Å². The lowest BCUT2D eigenvalue weighted by Crippen LogP contribution is -2.30. The molecule has 1 aliphatic carbocycles. The normalized spacial score (nSPS) is 16.8. The van der Waals surface area contributed by atoms with Crippen molar-refractivity contribution in [3.8, 4) is 0 Å². The predicted octanol–water partition coefficient (Wildman–Crippen LogP) is 3.55. The molecule has 1 amide bonds. The number of rotatable bonds is 4. The number of benzene rings is 1. The van der Waals surface area contributed by atoms with E-state index in [0.717, 1.165) is 22.9 Å². The van der Waals surface area contributed by atoms with Gasteiger partial charge in [-0.15, -0.1) is 0 Å². The average molecular weight is 246 g/mol. The fourth-order valence-corrected chi connectivity index (χ4v) is 2.36. The van der Waals surface area contributed by atoms with Crippen LogP contribution >= 0.6 is 0 Å². The van der Waals surface area contributed by atoms with Gasteiger partial charge < -0.3 is 10.6 Å². The van der Waals surface area contributed by atoms with E-state index in [1.165, 1.54) is 26.2 Å². The highest BCUT2D eigenvalue weighted by Gasteiger charge is 2.23. The van der Waals surface area contributed by atoms with E-state index in [9.17, 15) is 4.79 Å². The van der Waals surface area contributed by atoms with Crippen LogP contribution in [-0.2, 0) is 4.79 Å². The van der Waals surface area contributed by atoms with Crippen molar-refractivity contribution in [1.82, 2.24) is 0 Å². The van der Waals surface area contributed by atoms with Crippen molar-refractivity contribution in [2.24, 2.45) is 5.92 Å². The third-order valence-electron chi connectivity index (χ3n) is 3.80. The number of aryl methyl sites for hydroxylation is 1. The summed E-state index contributed by atoms with van der Waals surface area (Å²) in [7, 11) is 0. The van der Waals surface area contributed by atoms with E-state index in [2.05, 4.69) is 23.6 Å². The van der Waals surface area contributed by atoms with Gasteiger partial charge in [0.2, 0.25) is 5.91 Å². The van der Waals surface area contributed by atoms with Gasteiger partial charge in [0.15, 0.2) is 0 Å². The van der Waals surface area contributed by atoms with Crippen LogP contribution < -0.4 is 10.6 Å². The summed E-state index contributed by atoms with van der Waals surface area (Å²) in [4.78, 5) is 11.1. The van der Waals surface area contributed by atoms with Gasteiger partial charge in [-0.2, -0.15) is 0 Å². The summed E-state index contributed by atoms with van der Waals surface area (Å²) in [6.07, 6.45) is 4.03. The minimum atomic E-state index is -0.0257. The zero-order valence-corrected chi connectivity index (χ0v) is 11.4. The molecule has 1 aromatic carbocycles. The molecule has 2 rings (SSSR count). The fraction of sp³-hybridized carbons (Fsp3) is 0.533. The van der Waals surface area contributed by atoms with Crippen molar-refractivity contribution in [2.75, 3.05) is 10.6 Å². The van der Waals surface area contributed by atoms with Gasteiger partial charge in [0, 0.05) is 24.3 Å². The van der Waals surface area contributed by atoms with Gasteiger partial charge in [0.1, 0.15) is 0 Å². The highest BCUT2D eigenvalue weighted by Crippen LogP contribution is 2.31. The minimum Gasteiger partial charge on any atom is -0.382 e. The lowest BCUT2D eigenvalue weighted by Gasteiger charge is -2.32. The second-order valence-corrected chi connectivity index (χ2v) is 5.33. The van der Waals surface area contributed by atoms with Crippen molar-refractivity contribution < 1.29 is 4.79 Å². The minimum absolute atomic E-state index is 0.0257. The number of hydrogen-bond donors (Lipinski definition) is 2. The van der Waals surface area contributed by atoms with Crippen molar-refractivity contribution in [2.45, 2.75) is 46.1 Å². The summed E-state index contributed by atoms with van der Waals surface area (Å²) in [6, 6.07) is 6.65. The van der Waals surface area contributed by atoms with E-state index in [-0.39, 0.29) is 5.91 Å². The number of anilines is 2. The SMILES string of the molecule is CC(=O)Nc1cc(N[C@@H](C)C2CCC2)ccc1C. The molecule has 1 fully saturated rings. The molecule has 18 heavy (non-hydrogen) atoms. The van der Waals surface area contributed by atoms with E-state index in [4.69, 9.17) is 0 Å². The molecule has 0 bridgehead atoms. The second-order valence-electron chi connectivity index (χ2n) is 5.33. The summed E-state index contributed by atoms with van der Waals surface area (Å²) in [5.74, 6) is 0.776. The van der Waals surface area contributed by atoms with Crippen LogP contribution in [0.5, 0.6) is 0 Å². The maximum absolute atomic E-state index is 11.1. The topological polar surface area (TPSA) is 41.1 Å². The van der Waals surface area contributed by atoms with E-state index < -0.39 is 0 Å². The van der Waals surface area contributed by atoms with Crippen LogP contribution in [0.1, 0.15) is 38.7 Å². The van der Waals surface area contributed by atoms with E-state index in [1.807, 2.05) is 19.1 Å². The molecule has 0 aromatic heterocycles. The number of carbonyl (C=O) groups is 1. The summed E-state index contributed by atoms with van der Waals surface area (Å²) < 4.78 is 0. The molecule has 0 unspecified atom stereocenters.